The van der Waals surface area contributed by atoms with Gasteiger partial charge in [-0.1, -0.05) is 58.9 Å². The Balaban J connectivity index is 5.36. The number of aliphatic hydroxyl groups excluding tert-OH is 1. The second kappa shape index (κ2) is 14.3. The van der Waals surface area contributed by atoms with Crippen molar-refractivity contribution in [2.24, 2.45) is 11.8 Å². The molecule has 6 heteroatoms. The summed E-state index contributed by atoms with van der Waals surface area (Å²) in [5, 5.41) is 8.81. The second-order valence-electron chi connectivity index (χ2n) is 9.38. The largest absolute Gasteiger partial charge is 0.413 e. The fraction of sp³-hybridized carbons (Fsp3) is 0.750. The third-order valence-electron chi connectivity index (χ3n) is 5.89. The molecule has 0 spiro atoms. The first-order valence-electron chi connectivity index (χ1n) is 11.0. The maximum absolute atomic E-state index is 13.0. The Morgan fingerprint density at radius 1 is 1.07 bits per heavy atom. The van der Waals surface area contributed by atoms with Crippen LogP contribution in [0.4, 0.5) is 4.39 Å². The van der Waals surface area contributed by atoms with Gasteiger partial charge in [-0.15, -0.1) is 0 Å². The van der Waals surface area contributed by atoms with Crippen LogP contribution in [0.15, 0.2) is 36.2 Å². The SMILES string of the molecule is CCOCCO[C@@H](C)[C@H](C)[C@H](O[Si](C)(C)C(C)(C)C)[C@@H](C)/C=C/C=C/C=C(/F)CO. The minimum Gasteiger partial charge on any atom is -0.413 e. The summed E-state index contributed by atoms with van der Waals surface area (Å²) in [7, 11) is -1.98. The van der Waals surface area contributed by atoms with E-state index in [4.69, 9.17) is 19.0 Å². The number of ether oxygens (including phenoxy) is 2. The zero-order valence-electron chi connectivity index (χ0n) is 20.6. The number of halogens is 1. The minimum atomic E-state index is -1.98. The molecule has 0 aromatic heterocycles. The van der Waals surface area contributed by atoms with Crippen molar-refractivity contribution in [1.29, 1.82) is 0 Å². The van der Waals surface area contributed by atoms with E-state index in [0.29, 0.717) is 19.8 Å². The van der Waals surface area contributed by atoms with E-state index in [1.165, 1.54) is 6.08 Å². The lowest BCUT2D eigenvalue weighted by atomic mass is 9.89. The predicted molar refractivity (Wildman–Crippen MR) is 127 cm³/mol. The Hall–Kier alpha value is -0.793. The average molecular weight is 445 g/mol. The lowest BCUT2D eigenvalue weighted by Gasteiger charge is -2.43. The molecule has 0 aromatic carbocycles. The molecule has 0 radical (unpaired) electrons. The van der Waals surface area contributed by atoms with Gasteiger partial charge in [-0.05, 0) is 44.0 Å². The Kier molecular flexibility index (Phi) is 13.9. The molecule has 0 aliphatic heterocycles. The summed E-state index contributed by atoms with van der Waals surface area (Å²) in [5.41, 5.74) is 0. The van der Waals surface area contributed by atoms with Crippen molar-refractivity contribution < 1.29 is 23.4 Å². The molecule has 4 nitrogen and oxygen atoms in total. The van der Waals surface area contributed by atoms with Gasteiger partial charge in [-0.3, -0.25) is 0 Å². The fourth-order valence-corrected chi connectivity index (χ4v) is 4.16. The van der Waals surface area contributed by atoms with E-state index in [-0.39, 0.29) is 29.1 Å². The van der Waals surface area contributed by atoms with E-state index in [1.54, 1.807) is 12.2 Å². The highest BCUT2D eigenvalue weighted by Crippen LogP contribution is 2.39. The summed E-state index contributed by atoms with van der Waals surface area (Å²) in [5.74, 6) is -0.210. The van der Waals surface area contributed by atoms with Crippen molar-refractivity contribution in [2.75, 3.05) is 26.4 Å². The monoisotopic (exact) mass is 444 g/mol. The van der Waals surface area contributed by atoms with Crippen molar-refractivity contribution in [3.05, 3.63) is 36.2 Å². The molecule has 0 saturated carbocycles. The van der Waals surface area contributed by atoms with Gasteiger partial charge in [0.15, 0.2) is 8.32 Å². The van der Waals surface area contributed by atoms with Crippen molar-refractivity contribution in [3.8, 4) is 0 Å². The molecule has 0 saturated heterocycles. The first-order valence-corrected chi connectivity index (χ1v) is 14.0. The standard InChI is InChI=1S/C24H45FO4Si/c1-10-27-16-17-28-21(4)20(3)23(29-30(8,9)24(5,6)7)19(2)14-12-11-13-15-22(25)18-26/h11-15,19-21,23,26H,10,16-18H2,1-9H3/b13-11+,14-12+,22-15+/t19-,20-,21-,23+/m0/s1. The van der Waals surface area contributed by atoms with E-state index < -0.39 is 20.8 Å². The summed E-state index contributed by atoms with van der Waals surface area (Å²) >= 11 is 0. The highest BCUT2D eigenvalue weighted by molar-refractivity contribution is 6.74. The van der Waals surface area contributed by atoms with Crippen LogP contribution in [0.2, 0.25) is 18.1 Å². The van der Waals surface area contributed by atoms with E-state index in [2.05, 4.69) is 60.7 Å². The Morgan fingerprint density at radius 3 is 2.23 bits per heavy atom. The molecule has 0 rings (SSSR count). The Morgan fingerprint density at radius 2 is 1.70 bits per heavy atom. The zero-order valence-corrected chi connectivity index (χ0v) is 21.6. The van der Waals surface area contributed by atoms with Crippen molar-refractivity contribution in [3.63, 3.8) is 0 Å². The molecule has 30 heavy (non-hydrogen) atoms. The first-order chi connectivity index (χ1) is 13.9. The molecular formula is C24H45FO4Si. The molecule has 0 amide bonds. The lowest BCUT2D eigenvalue weighted by molar-refractivity contribution is -0.0437. The first kappa shape index (κ1) is 29.2. The van der Waals surface area contributed by atoms with E-state index in [1.807, 2.05) is 13.0 Å². The molecule has 0 unspecified atom stereocenters. The summed E-state index contributed by atoms with van der Waals surface area (Å²) in [6, 6.07) is 0. The molecule has 1 N–H and O–H groups in total. The van der Waals surface area contributed by atoms with Gasteiger partial charge in [-0.25, -0.2) is 4.39 Å². The van der Waals surface area contributed by atoms with Gasteiger partial charge in [0.1, 0.15) is 5.83 Å². The van der Waals surface area contributed by atoms with E-state index in [0.717, 1.165) is 0 Å². The second-order valence-corrected chi connectivity index (χ2v) is 14.1. The maximum atomic E-state index is 13.0. The van der Waals surface area contributed by atoms with Crippen LogP contribution < -0.4 is 0 Å². The number of hydrogen-bond acceptors (Lipinski definition) is 4. The van der Waals surface area contributed by atoms with Gasteiger partial charge in [0.05, 0.1) is 32.0 Å². The maximum Gasteiger partial charge on any atom is 0.192 e. The minimum absolute atomic E-state index is 0.00218. The quantitative estimate of drug-likeness (QED) is 0.201. The zero-order chi connectivity index (χ0) is 23.4. The molecule has 0 fully saturated rings. The number of rotatable bonds is 14. The number of hydrogen-bond donors (Lipinski definition) is 1. The molecule has 0 aromatic rings. The smallest absolute Gasteiger partial charge is 0.192 e. The highest BCUT2D eigenvalue weighted by atomic mass is 28.4. The third-order valence-corrected chi connectivity index (χ3v) is 10.4. The van der Waals surface area contributed by atoms with Crippen LogP contribution in [-0.4, -0.2) is 52.1 Å². The molecule has 4 atom stereocenters. The fourth-order valence-electron chi connectivity index (χ4n) is 2.69. The van der Waals surface area contributed by atoms with Gasteiger partial charge >= 0.3 is 0 Å². The molecular weight excluding hydrogens is 399 g/mol. The topological polar surface area (TPSA) is 47.9 Å². The van der Waals surface area contributed by atoms with E-state index in [9.17, 15) is 4.39 Å². The van der Waals surface area contributed by atoms with Gasteiger partial charge in [0, 0.05) is 12.5 Å². The van der Waals surface area contributed by atoms with Gasteiger partial charge in [0.25, 0.3) is 0 Å². The highest BCUT2D eigenvalue weighted by Gasteiger charge is 2.42. The van der Waals surface area contributed by atoms with Gasteiger partial charge in [-0.2, -0.15) is 0 Å². The van der Waals surface area contributed by atoms with Crippen LogP contribution in [0.1, 0.15) is 48.5 Å². The van der Waals surface area contributed by atoms with Crippen molar-refractivity contribution in [2.45, 2.75) is 78.8 Å². The van der Waals surface area contributed by atoms with Crippen LogP contribution in [-0.2, 0) is 13.9 Å². The molecule has 0 aliphatic carbocycles. The Bertz CT molecular complexity index is 552. The van der Waals surface area contributed by atoms with Crippen LogP contribution in [0.3, 0.4) is 0 Å². The summed E-state index contributed by atoms with van der Waals surface area (Å²) < 4.78 is 31.2. The van der Waals surface area contributed by atoms with E-state index >= 15 is 0 Å². The third kappa shape index (κ3) is 11.0. The normalized spacial score (nSPS) is 18.2. The molecule has 0 aliphatic rings. The summed E-state index contributed by atoms with van der Waals surface area (Å²) in [4.78, 5) is 0. The van der Waals surface area contributed by atoms with Crippen LogP contribution in [0, 0.1) is 11.8 Å². The van der Waals surface area contributed by atoms with Crippen molar-refractivity contribution in [1.82, 2.24) is 0 Å². The van der Waals surface area contributed by atoms with Crippen LogP contribution in [0.5, 0.6) is 0 Å². The molecule has 0 bridgehead atoms. The molecule has 176 valence electrons. The predicted octanol–water partition coefficient (Wildman–Crippen LogP) is 6.05. The van der Waals surface area contributed by atoms with Crippen molar-refractivity contribution >= 4 is 8.32 Å². The number of aliphatic hydroxyl groups is 1. The van der Waals surface area contributed by atoms with Gasteiger partial charge < -0.3 is 19.0 Å². The average Bonchev–Trinajstić information content (AvgIpc) is 2.67. The molecule has 0 heterocycles. The summed E-state index contributed by atoms with van der Waals surface area (Å²) in [6.45, 7) is 21.0. The summed E-state index contributed by atoms with van der Waals surface area (Å²) in [6.07, 6.45) is 8.64. The lowest BCUT2D eigenvalue weighted by Crippen LogP contribution is -2.49. The van der Waals surface area contributed by atoms with Crippen LogP contribution in [0.25, 0.3) is 0 Å². The number of allylic oxidation sites excluding steroid dienone is 4. The van der Waals surface area contributed by atoms with Crippen LogP contribution >= 0.6 is 0 Å². The Labute approximate surface area is 185 Å². The van der Waals surface area contributed by atoms with Gasteiger partial charge in [0.2, 0.25) is 0 Å².